The molecule has 2 heterocycles. The van der Waals surface area contributed by atoms with Gasteiger partial charge in [-0.25, -0.2) is 0 Å². The van der Waals surface area contributed by atoms with E-state index in [0.717, 1.165) is 43.1 Å². The quantitative estimate of drug-likeness (QED) is 0.254. The predicted molar refractivity (Wildman–Crippen MR) is 152 cm³/mol. The maximum atomic E-state index is 13.6. The van der Waals surface area contributed by atoms with Crippen LogP contribution >= 0.6 is 0 Å². The van der Waals surface area contributed by atoms with E-state index < -0.39 is 11.9 Å². The number of carboxylic acids is 1. The van der Waals surface area contributed by atoms with Crippen LogP contribution in [-0.2, 0) is 16.0 Å². The Hall–Kier alpha value is -3.43. The molecule has 4 rings (SSSR count). The van der Waals surface area contributed by atoms with Crippen molar-refractivity contribution < 1.29 is 29.0 Å². The molecule has 0 saturated carbocycles. The van der Waals surface area contributed by atoms with Crippen molar-refractivity contribution in [2.24, 2.45) is 11.7 Å². The summed E-state index contributed by atoms with van der Waals surface area (Å²) in [5.74, 6) is -0.674. The van der Waals surface area contributed by atoms with Crippen molar-refractivity contribution in [1.29, 1.82) is 0 Å². The van der Waals surface area contributed by atoms with Crippen molar-refractivity contribution in [1.82, 2.24) is 9.80 Å². The third-order valence-electron chi connectivity index (χ3n) is 8.10. The fourth-order valence-corrected chi connectivity index (χ4v) is 5.95. The van der Waals surface area contributed by atoms with Crippen LogP contribution in [0.4, 0.5) is 0 Å². The molecule has 0 aliphatic carbocycles. The topological polar surface area (TPSA) is 122 Å². The van der Waals surface area contributed by atoms with Gasteiger partial charge in [0.1, 0.15) is 6.29 Å². The van der Waals surface area contributed by atoms with Crippen LogP contribution in [0.15, 0.2) is 42.5 Å². The number of hydrogen-bond acceptors (Lipinski definition) is 7. The van der Waals surface area contributed by atoms with E-state index in [2.05, 4.69) is 6.92 Å². The number of likely N-dealkylation sites (tertiary alicyclic amines) is 1. The molecule has 3 atom stereocenters. The van der Waals surface area contributed by atoms with Crippen LogP contribution in [0.3, 0.4) is 0 Å². The fraction of sp³-hybridized carbons (Fsp3) is 0.516. The van der Waals surface area contributed by atoms with E-state index in [1.165, 1.54) is 0 Å². The highest BCUT2D eigenvalue weighted by Gasteiger charge is 2.47. The SMILES string of the molecule is CCCCN(CCCCN)C(=O)CN1C[C@H](c2ccc3c(c2)OCO3)[C@@H](C(=O)O)[C@@H]1CCc1ccccc1C=O. The number of carbonyl (C=O) groups excluding carboxylic acids is 2. The van der Waals surface area contributed by atoms with Gasteiger partial charge in [0.05, 0.1) is 12.5 Å². The first-order valence-electron chi connectivity index (χ1n) is 14.3. The number of nitrogens with two attached hydrogens (primary N) is 1. The molecule has 216 valence electrons. The molecule has 2 aliphatic rings. The zero-order chi connectivity index (χ0) is 28.5. The molecule has 40 heavy (non-hydrogen) atoms. The van der Waals surface area contributed by atoms with Gasteiger partial charge in [-0.1, -0.05) is 43.7 Å². The Morgan fingerprint density at radius 1 is 1.10 bits per heavy atom. The van der Waals surface area contributed by atoms with Crippen LogP contribution in [0.1, 0.15) is 66.4 Å². The first-order valence-corrected chi connectivity index (χ1v) is 14.3. The Kier molecular flexibility index (Phi) is 10.5. The van der Waals surface area contributed by atoms with Gasteiger partial charge in [-0.05, 0) is 61.9 Å². The Labute approximate surface area is 236 Å². The first kappa shape index (κ1) is 29.6. The zero-order valence-electron chi connectivity index (χ0n) is 23.3. The summed E-state index contributed by atoms with van der Waals surface area (Å²) in [6.07, 6.45) is 5.48. The molecule has 1 fully saturated rings. The van der Waals surface area contributed by atoms with E-state index in [1.54, 1.807) is 6.07 Å². The third kappa shape index (κ3) is 7.01. The Balaban J connectivity index is 1.60. The van der Waals surface area contributed by atoms with Gasteiger partial charge in [0.25, 0.3) is 0 Å². The molecule has 0 spiro atoms. The largest absolute Gasteiger partial charge is 0.481 e. The van der Waals surface area contributed by atoms with Crippen molar-refractivity contribution in [3.63, 3.8) is 0 Å². The smallest absolute Gasteiger partial charge is 0.308 e. The number of nitrogens with zero attached hydrogens (tertiary/aromatic N) is 2. The van der Waals surface area contributed by atoms with Gasteiger partial charge < -0.3 is 25.2 Å². The summed E-state index contributed by atoms with van der Waals surface area (Å²) in [6.45, 7) is 4.74. The Morgan fingerprint density at radius 2 is 1.88 bits per heavy atom. The molecule has 0 radical (unpaired) electrons. The second kappa shape index (κ2) is 14.3. The highest BCUT2D eigenvalue weighted by Crippen LogP contribution is 2.43. The number of carbonyl (C=O) groups is 3. The molecule has 9 nitrogen and oxygen atoms in total. The van der Waals surface area contributed by atoms with Crippen molar-refractivity contribution in [3.8, 4) is 11.5 Å². The predicted octanol–water partition coefficient (Wildman–Crippen LogP) is 3.70. The number of hydrogen-bond donors (Lipinski definition) is 2. The molecule has 2 aliphatic heterocycles. The van der Waals surface area contributed by atoms with Crippen molar-refractivity contribution in [3.05, 3.63) is 59.2 Å². The van der Waals surface area contributed by atoms with Crippen molar-refractivity contribution in [2.45, 2.75) is 57.4 Å². The number of fused-ring (bicyclic) bond motifs is 1. The molecule has 0 aromatic heterocycles. The molecule has 1 saturated heterocycles. The van der Waals surface area contributed by atoms with Crippen LogP contribution in [0.2, 0.25) is 0 Å². The Bertz CT molecular complexity index is 1170. The van der Waals surface area contributed by atoms with Crippen molar-refractivity contribution in [2.75, 3.05) is 39.5 Å². The molecule has 2 aromatic rings. The van der Waals surface area contributed by atoms with E-state index in [9.17, 15) is 19.5 Å². The van der Waals surface area contributed by atoms with E-state index in [1.807, 2.05) is 46.2 Å². The van der Waals surface area contributed by atoms with Gasteiger partial charge >= 0.3 is 5.97 Å². The highest BCUT2D eigenvalue weighted by atomic mass is 16.7. The minimum absolute atomic E-state index is 0.0132. The minimum Gasteiger partial charge on any atom is -0.481 e. The second-order valence-corrected chi connectivity index (χ2v) is 10.7. The maximum absolute atomic E-state index is 13.6. The van der Waals surface area contributed by atoms with Crippen LogP contribution in [0.5, 0.6) is 11.5 Å². The summed E-state index contributed by atoms with van der Waals surface area (Å²) in [6, 6.07) is 12.6. The van der Waals surface area contributed by atoms with Gasteiger partial charge in [0.2, 0.25) is 12.7 Å². The number of aliphatic carboxylic acids is 1. The van der Waals surface area contributed by atoms with E-state index >= 15 is 0 Å². The molecule has 0 bridgehead atoms. The fourth-order valence-electron chi connectivity index (χ4n) is 5.95. The maximum Gasteiger partial charge on any atom is 0.308 e. The lowest BCUT2D eigenvalue weighted by atomic mass is 9.83. The summed E-state index contributed by atoms with van der Waals surface area (Å²) in [5.41, 5.74) is 8.03. The standard InChI is InChI=1S/C31H41N3O6/c1-2-3-15-33(16-7-6-14-32)29(36)19-34-18-25(23-11-13-27-28(17-23)40-21-39-27)30(31(37)38)26(34)12-10-22-8-4-5-9-24(22)20-35/h4-5,8-9,11,13,17,20,25-26,30H,2-3,6-7,10,12,14-16,18-19,21,32H2,1H3,(H,37,38)/t25-,26+,30-/m1/s1. The lowest BCUT2D eigenvalue weighted by Crippen LogP contribution is -2.45. The van der Waals surface area contributed by atoms with Gasteiger partial charge in [-0.15, -0.1) is 0 Å². The van der Waals surface area contributed by atoms with Crippen molar-refractivity contribution >= 4 is 18.2 Å². The molecular formula is C31H41N3O6. The van der Waals surface area contributed by atoms with E-state index in [0.29, 0.717) is 56.1 Å². The molecule has 1 amide bonds. The number of ether oxygens (including phenoxy) is 2. The number of benzene rings is 2. The molecule has 2 aromatic carbocycles. The van der Waals surface area contributed by atoms with Crippen LogP contribution in [0, 0.1) is 5.92 Å². The average Bonchev–Trinajstić information content (AvgIpc) is 3.58. The normalized spacial score (nSPS) is 20.0. The lowest BCUT2D eigenvalue weighted by molar-refractivity contribution is -0.143. The molecular weight excluding hydrogens is 510 g/mol. The van der Waals surface area contributed by atoms with Gasteiger partial charge in [0.15, 0.2) is 11.5 Å². The zero-order valence-corrected chi connectivity index (χ0v) is 23.3. The summed E-state index contributed by atoms with van der Waals surface area (Å²) in [7, 11) is 0. The summed E-state index contributed by atoms with van der Waals surface area (Å²) in [5, 5.41) is 10.5. The summed E-state index contributed by atoms with van der Waals surface area (Å²) >= 11 is 0. The van der Waals surface area contributed by atoms with Crippen LogP contribution in [0.25, 0.3) is 0 Å². The number of aryl methyl sites for hydroxylation is 1. The number of carboxylic acid groups (broad SMARTS) is 1. The van der Waals surface area contributed by atoms with Crippen LogP contribution in [-0.4, -0.2) is 78.6 Å². The lowest BCUT2D eigenvalue weighted by Gasteiger charge is -2.30. The molecule has 0 unspecified atom stereocenters. The number of aldehydes is 1. The summed E-state index contributed by atoms with van der Waals surface area (Å²) < 4.78 is 11.0. The third-order valence-corrected chi connectivity index (χ3v) is 8.10. The molecule has 3 N–H and O–H groups in total. The van der Waals surface area contributed by atoms with Gasteiger partial charge in [-0.2, -0.15) is 0 Å². The monoisotopic (exact) mass is 551 g/mol. The van der Waals surface area contributed by atoms with Gasteiger partial charge in [-0.3, -0.25) is 19.3 Å². The second-order valence-electron chi connectivity index (χ2n) is 10.7. The van der Waals surface area contributed by atoms with Crippen LogP contribution < -0.4 is 15.2 Å². The number of amides is 1. The average molecular weight is 552 g/mol. The van der Waals surface area contributed by atoms with Gasteiger partial charge in [0, 0.05) is 37.2 Å². The Morgan fingerprint density at radius 3 is 2.62 bits per heavy atom. The molecule has 9 heteroatoms. The van der Waals surface area contributed by atoms with E-state index in [-0.39, 0.29) is 31.2 Å². The number of rotatable bonds is 15. The summed E-state index contributed by atoms with van der Waals surface area (Å²) in [4.78, 5) is 42.0. The van der Waals surface area contributed by atoms with E-state index in [4.69, 9.17) is 15.2 Å². The highest BCUT2D eigenvalue weighted by molar-refractivity contribution is 5.79. The number of unbranched alkanes of at least 4 members (excludes halogenated alkanes) is 2. The first-order chi connectivity index (χ1) is 19.5. The minimum atomic E-state index is -0.892.